The lowest BCUT2D eigenvalue weighted by Gasteiger charge is -2.50. The molecule has 2 fully saturated rings. The molecule has 4 atom stereocenters. The number of ether oxygens (including phenoxy) is 1. The Hall–Kier alpha value is -3.77. The Morgan fingerprint density at radius 3 is 2.34 bits per heavy atom. The van der Waals surface area contributed by atoms with Gasteiger partial charge in [0.1, 0.15) is 17.5 Å². The van der Waals surface area contributed by atoms with Crippen LogP contribution in [0.1, 0.15) is 18.1 Å². The van der Waals surface area contributed by atoms with E-state index in [2.05, 4.69) is 0 Å². The predicted octanol–water partition coefficient (Wildman–Crippen LogP) is 0.871. The van der Waals surface area contributed by atoms with E-state index in [4.69, 9.17) is 10.5 Å². The number of nitrogens with two attached hydrogens (primary N) is 1. The number of carboxylic acids is 1. The van der Waals surface area contributed by atoms with E-state index in [-0.39, 0.29) is 23.3 Å². The summed E-state index contributed by atoms with van der Waals surface area (Å²) in [7, 11) is 0. The average molecular weight is 455 g/mol. The zero-order chi connectivity index (χ0) is 23.5. The lowest BCUT2D eigenvalue weighted by molar-refractivity contribution is -0.190. The summed E-state index contributed by atoms with van der Waals surface area (Å²) in [4.78, 5) is 49.3. The summed E-state index contributed by atoms with van der Waals surface area (Å²) in [5, 5.41) is 19.3. The van der Waals surface area contributed by atoms with Crippen molar-refractivity contribution in [3.8, 4) is 5.75 Å². The molecule has 3 heterocycles. The van der Waals surface area contributed by atoms with Crippen LogP contribution >= 0.6 is 0 Å². The predicted molar refractivity (Wildman–Crippen MR) is 96.5 cm³/mol. The van der Waals surface area contributed by atoms with Crippen molar-refractivity contribution < 1.29 is 47.3 Å². The van der Waals surface area contributed by atoms with Gasteiger partial charge in [-0.15, -0.1) is 0 Å². The maximum atomic E-state index is 13.0. The quantitative estimate of drug-likeness (QED) is 0.570. The number of β-lactam (4-membered cyclic amide) rings is 1. The molecular formula is C19H16F3N3O7. The number of hydrogen-bond acceptors (Lipinski definition) is 6. The number of amides is 3. The number of carbonyl (C=O) groups is 4. The zero-order valence-electron chi connectivity index (χ0n) is 16.1. The molecule has 0 saturated carbocycles. The molecule has 0 aromatic heterocycles. The summed E-state index contributed by atoms with van der Waals surface area (Å²) in [5.41, 5.74) is 4.77. The van der Waals surface area contributed by atoms with Gasteiger partial charge in [-0.2, -0.15) is 13.2 Å². The molecule has 3 aliphatic rings. The summed E-state index contributed by atoms with van der Waals surface area (Å²) in [6.07, 6.45) is -7.98. The summed E-state index contributed by atoms with van der Waals surface area (Å²) in [5.74, 6) is -5.53. The molecule has 1 unspecified atom stereocenters. The van der Waals surface area contributed by atoms with Gasteiger partial charge in [-0.05, 0) is 24.1 Å². The third kappa shape index (κ3) is 3.20. The van der Waals surface area contributed by atoms with Crippen molar-refractivity contribution in [2.75, 3.05) is 6.54 Å². The molecular weight excluding hydrogens is 439 g/mol. The number of carboxylic acid groups (broad SMARTS) is 1. The van der Waals surface area contributed by atoms with Crippen LogP contribution in [0.2, 0.25) is 0 Å². The topological polar surface area (TPSA) is 150 Å². The van der Waals surface area contributed by atoms with Crippen LogP contribution in [-0.4, -0.2) is 68.7 Å². The Balaban J connectivity index is 1.77. The zero-order valence-corrected chi connectivity index (χ0v) is 16.1. The summed E-state index contributed by atoms with van der Waals surface area (Å²) in [6, 6.07) is 2.85. The number of hydrogen-bond donors (Lipinski definition) is 3. The maximum Gasteiger partial charge on any atom is 0.471 e. The number of carbonyl (C=O) groups excluding carboxylic acids is 3. The van der Waals surface area contributed by atoms with Gasteiger partial charge in [-0.1, -0.05) is 12.1 Å². The monoisotopic (exact) mass is 455 g/mol. The Bertz CT molecular complexity index is 1050. The molecule has 3 aliphatic heterocycles. The standard InChI is InChI=1S/C19H16F3N3O7/c20-19(21,22)17(30)24-6-8-5-10(12(16(28)29)25-11(8)13(24)15(25)27)14(32-18(23)31)7-1-3-9(26)4-2-7/h1-4,8,11,13-14,26H,5-6H2,(H2,23,31)(H,28,29)/t8-,11-,13+,14?/m1/s1. The third-order valence-corrected chi connectivity index (χ3v) is 5.84. The van der Waals surface area contributed by atoms with E-state index in [1.807, 2.05) is 0 Å². The number of halogens is 3. The lowest BCUT2D eigenvalue weighted by atomic mass is 9.77. The van der Waals surface area contributed by atoms with Crippen molar-refractivity contribution in [3.05, 3.63) is 41.1 Å². The molecule has 4 N–H and O–H groups in total. The second-order valence-corrected chi connectivity index (χ2v) is 7.65. The van der Waals surface area contributed by atoms with Gasteiger partial charge in [0.15, 0.2) is 6.10 Å². The Morgan fingerprint density at radius 2 is 1.81 bits per heavy atom. The molecule has 0 bridgehead atoms. The number of phenolic OH excluding ortho intramolecular Hbond substituents is 1. The molecule has 10 nitrogen and oxygen atoms in total. The van der Waals surface area contributed by atoms with E-state index in [1.165, 1.54) is 24.3 Å². The van der Waals surface area contributed by atoms with Crippen molar-refractivity contribution in [1.82, 2.24) is 9.80 Å². The van der Waals surface area contributed by atoms with E-state index in [0.29, 0.717) is 4.90 Å². The molecule has 0 radical (unpaired) electrons. The first-order valence-corrected chi connectivity index (χ1v) is 9.34. The number of likely N-dealkylation sites (tertiary alicyclic amines) is 1. The molecule has 170 valence electrons. The number of alkyl halides is 3. The molecule has 1 aromatic carbocycles. The van der Waals surface area contributed by atoms with Crippen molar-refractivity contribution in [2.45, 2.75) is 30.8 Å². The second-order valence-electron chi connectivity index (χ2n) is 7.65. The largest absolute Gasteiger partial charge is 0.508 e. The molecule has 1 aromatic rings. The molecule has 2 saturated heterocycles. The van der Waals surface area contributed by atoms with Gasteiger partial charge >= 0.3 is 24.1 Å². The molecule has 3 amide bonds. The van der Waals surface area contributed by atoms with E-state index < -0.39 is 66.4 Å². The number of benzene rings is 1. The Morgan fingerprint density at radius 1 is 1.19 bits per heavy atom. The minimum Gasteiger partial charge on any atom is -0.508 e. The highest BCUT2D eigenvalue weighted by Crippen LogP contribution is 2.50. The van der Waals surface area contributed by atoms with Gasteiger partial charge in [0.2, 0.25) is 0 Å². The van der Waals surface area contributed by atoms with E-state index in [0.717, 1.165) is 4.90 Å². The Kier molecular flexibility index (Phi) is 4.79. The van der Waals surface area contributed by atoms with Crippen molar-refractivity contribution in [1.29, 1.82) is 0 Å². The van der Waals surface area contributed by atoms with E-state index in [1.54, 1.807) is 0 Å². The smallest absolute Gasteiger partial charge is 0.471 e. The number of primary amides is 1. The van der Waals surface area contributed by atoms with Gasteiger partial charge in [0.05, 0.1) is 6.04 Å². The number of aromatic hydroxyl groups is 1. The van der Waals surface area contributed by atoms with Gasteiger partial charge < -0.3 is 25.6 Å². The van der Waals surface area contributed by atoms with E-state index in [9.17, 15) is 42.6 Å². The highest BCUT2D eigenvalue weighted by Gasteiger charge is 2.66. The van der Waals surface area contributed by atoms with Crippen LogP contribution in [0.5, 0.6) is 5.75 Å². The molecule has 32 heavy (non-hydrogen) atoms. The van der Waals surface area contributed by atoms with Gasteiger partial charge in [0, 0.05) is 18.0 Å². The first-order chi connectivity index (χ1) is 14.9. The number of phenols is 1. The third-order valence-electron chi connectivity index (χ3n) is 5.84. The molecule has 13 heteroatoms. The number of aliphatic carboxylic acids is 1. The lowest BCUT2D eigenvalue weighted by Crippen LogP contribution is -2.70. The van der Waals surface area contributed by atoms with Crippen LogP contribution in [0.3, 0.4) is 0 Å². The molecule has 0 aliphatic carbocycles. The summed E-state index contributed by atoms with van der Waals surface area (Å²) >= 11 is 0. The fourth-order valence-electron chi connectivity index (χ4n) is 4.68. The highest BCUT2D eigenvalue weighted by molar-refractivity contribution is 6.03. The van der Waals surface area contributed by atoms with Crippen LogP contribution in [0.25, 0.3) is 0 Å². The van der Waals surface area contributed by atoms with Crippen LogP contribution in [0.4, 0.5) is 18.0 Å². The average Bonchev–Trinajstić information content (AvgIpc) is 3.06. The van der Waals surface area contributed by atoms with Crippen molar-refractivity contribution in [2.24, 2.45) is 11.7 Å². The minimum atomic E-state index is -5.19. The van der Waals surface area contributed by atoms with Crippen LogP contribution in [0.15, 0.2) is 35.5 Å². The minimum absolute atomic E-state index is 0.0589. The fourth-order valence-corrected chi connectivity index (χ4v) is 4.68. The van der Waals surface area contributed by atoms with Crippen molar-refractivity contribution >= 4 is 23.9 Å². The maximum absolute atomic E-state index is 13.0. The van der Waals surface area contributed by atoms with Gasteiger partial charge in [0.25, 0.3) is 5.91 Å². The summed E-state index contributed by atoms with van der Waals surface area (Å²) in [6.45, 7) is -0.425. The number of nitrogens with zero attached hydrogens (tertiary/aromatic N) is 2. The molecule has 4 rings (SSSR count). The fraction of sp³-hybridized carbons (Fsp3) is 0.368. The van der Waals surface area contributed by atoms with Crippen LogP contribution < -0.4 is 5.73 Å². The highest BCUT2D eigenvalue weighted by atomic mass is 19.4. The van der Waals surface area contributed by atoms with Crippen LogP contribution in [0, 0.1) is 5.92 Å². The first-order valence-electron chi connectivity index (χ1n) is 9.34. The molecule has 0 spiro atoms. The second kappa shape index (κ2) is 7.14. The summed E-state index contributed by atoms with van der Waals surface area (Å²) < 4.78 is 44.1. The number of rotatable bonds is 4. The van der Waals surface area contributed by atoms with Gasteiger partial charge in [-0.3, -0.25) is 14.5 Å². The van der Waals surface area contributed by atoms with Gasteiger partial charge in [-0.25, -0.2) is 9.59 Å². The van der Waals surface area contributed by atoms with Crippen LogP contribution in [-0.2, 0) is 19.1 Å². The SMILES string of the molecule is NC(=O)OC(C1=C(C(=O)O)N2C(=O)[C@@H]3[C@H]2[C@H](C1)CN3C(=O)C(F)(F)F)c1ccc(O)cc1. The van der Waals surface area contributed by atoms with Crippen molar-refractivity contribution in [3.63, 3.8) is 0 Å². The normalized spacial score (nSPS) is 25.2. The Labute approximate surface area is 177 Å². The first kappa shape index (κ1) is 21.5. The van der Waals surface area contributed by atoms with E-state index >= 15 is 0 Å².